The second-order valence-corrected chi connectivity index (χ2v) is 2.64. The predicted molar refractivity (Wildman–Crippen MR) is 69.4 cm³/mol. The Balaban J connectivity index is 0. The fraction of sp³-hybridized carbons (Fsp3) is 0.333. The van der Waals surface area contributed by atoms with E-state index in [1.807, 2.05) is 0 Å². The van der Waals surface area contributed by atoms with Crippen molar-refractivity contribution < 1.29 is 14.2 Å². The first-order chi connectivity index (χ1) is 6.65. The summed E-state index contributed by atoms with van der Waals surface area (Å²) in [5.41, 5.74) is 12.2. The first-order valence-electron chi connectivity index (χ1n) is 3.99. The molecule has 0 atom stereocenters. The zero-order valence-electron chi connectivity index (χ0n) is 9.27. The summed E-state index contributed by atoms with van der Waals surface area (Å²) in [6.45, 7) is 0. The van der Waals surface area contributed by atoms with Gasteiger partial charge in [0, 0.05) is 6.07 Å². The number of anilines is 2. The highest BCUT2D eigenvalue weighted by atomic mass is 35.5. The maximum absolute atomic E-state index is 5.74. The van der Waals surface area contributed by atoms with Crippen molar-refractivity contribution in [2.45, 2.75) is 0 Å². The third-order valence-electron chi connectivity index (χ3n) is 1.93. The van der Waals surface area contributed by atoms with Crippen LogP contribution in [0.2, 0.25) is 0 Å². The molecule has 0 saturated carbocycles. The van der Waals surface area contributed by atoms with Crippen LogP contribution in [0.15, 0.2) is 6.07 Å². The minimum Gasteiger partial charge on any atom is -0.494 e. The third kappa shape index (κ3) is 2.90. The number of benzene rings is 1. The summed E-state index contributed by atoms with van der Waals surface area (Å²) in [6, 6.07) is 1.62. The molecular formula is C9H16Cl2N2O3. The second-order valence-electron chi connectivity index (χ2n) is 2.64. The summed E-state index contributed by atoms with van der Waals surface area (Å²) in [6.07, 6.45) is 0. The molecule has 1 aromatic carbocycles. The molecule has 1 rings (SSSR count). The normalized spacial score (nSPS) is 8.44. The molecule has 0 amide bonds. The van der Waals surface area contributed by atoms with Crippen molar-refractivity contribution in [2.75, 3.05) is 32.8 Å². The first-order valence-corrected chi connectivity index (χ1v) is 3.99. The van der Waals surface area contributed by atoms with Crippen molar-refractivity contribution in [3.8, 4) is 17.2 Å². The molecule has 1 aromatic rings. The molecule has 0 unspecified atom stereocenters. The maximum atomic E-state index is 5.74. The van der Waals surface area contributed by atoms with Crippen LogP contribution in [0.25, 0.3) is 0 Å². The molecule has 0 aliphatic heterocycles. The monoisotopic (exact) mass is 270 g/mol. The van der Waals surface area contributed by atoms with E-state index in [-0.39, 0.29) is 24.8 Å². The number of nitrogens with two attached hydrogens (primary N) is 2. The SMILES string of the molecule is COc1cc(OC)c(N)c(OC)c1N.Cl.Cl. The molecule has 0 spiro atoms. The van der Waals surface area contributed by atoms with Gasteiger partial charge in [-0.25, -0.2) is 0 Å². The molecule has 94 valence electrons. The fourth-order valence-corrected chi connectivity index (χ4v) is 1.20. The van der Waals surface area contributed by atoms with E-state index in [9.17, 15) is 0 Å². The van der Waals surface area contributed by atoms with Crippen molar-refractivity contribution in [2.24, 2.45) is 0 Å². The summed E-state index contributed by atoms with van der Waals surface area (Å²) < 4.78 is 15.1. The summed E-state index contributed by atoms with van der Waals surface area (Å²) in [5, 5.41) is 0. The molecule has 0 aliphatic carbocycles. The Morgan fingerprint density at radius 3 is 1.44 bits per heavy atom. The van der Waals surface area contributed by atoms with Gasteiger partial charge in [-0.05, 0) is 0 Å². The van der Waals surface area contributed by atoms with Gasteiger partial charge in [0.25, 0.3) is 0 Å². The number of hydrogen-bond acceptors (Lipinski definition) is 5. The van der Waals surface area contributed by atoms with E-state index in [4.69, 9.17) is 25.7 Å². The first kappa shape index (κ1) is 17.2. The zero-order valence-corrected chi connectivity index (χ0v) is 10.9. The number of hydrogen-bond donors (Lipinski definition) is 2. The molecule has 0 radical (unpaired) electrons. The summed E-state index contributed by atoms with van der Waals surface area (Å²) >= 11 is 0. The average molecular weight is 271 g/mol. The van der Waals surface area contributed by atoms with Gasteiger partial charge in [-0.1, -0.05) is 0 Å². The van der Waals surface area contributed by atoms with Crippen molar-refractivity contribution in [3.05, 3.63) is 6.07 Å². The number of ether oxygens (including phenoxy) is 3. The Morgan fingerprint density at radius 2 is 1.19 bits per heavy atom. The van der Waals surface area contributed by atoms with Crippen molar-refractivity contribution in [1.82, 2.24) is 0 Å². The lowest BCUT2D eigenvalue weighted by Crippen LogP contribution is -2.02. The van der Waals surface area contributed by atoms with Crippen LogP contribution in [0.5, 0.6) is 17.2 Å². The van der Waals surface area contributed by atoms with E-state index >= 15 is 0 Å². The molecule has 0 heterocycles. The highest BCUT2D eigenvalue weighted by Gasteiger charge is 2.15. The highest BCUT2D eigenvalue weighted by molar-refractivity contribution is 5.85. The Kier molecular flexibility index (Phi) is 7.67. The Labute approximate surface area is 107 Å². The average Bonchev–Trinajstić information content (AvgIpc) is 2.19. The van der Waals surface area contributed by atoms with Gasteiger partial charge in [0.05, 0.1) is 21.3 Å². The van der Waals surface area contributed by atoms with Crippen LogP contribution in [0.3, 0.4) is 0 Å². The highest BCUT2D eigenvalue weighted by Crippen LogP contribution is 2.43. The Bertz CT molecular complexity index is 320. The number of halogens is 2. The fourth-order valence-electron chi connectivity index (χ4n) is 1.20. The van der Waals surface area contributed by atoms with Gasteiger partial charge in [0.2, 0.25) is 0 Å². The van der Waals surface area contributed by atoms with Gasteiger partial charge in [0.1, 0.15) is 22.9 Å². The lowest BCUT2D eigenvalue weighted by Gasteiger charge is -2.14. The molecule has 7 heteroatoms. The standard InChI is InChI=1S/C9H14N2O3.2ClH/c1-12-5-4-6(13-2)8(11)9(14-3)7(5)10;;/h4H,10-11H2,1-3H3;2*1H. The molecule has 0 saturated heterocycles. The van der Waals surface area contributed by atoms with Crippen LogP contribution in [0.4, 0.5) is 11.4 Å². The minimum absolute atomic E-state index is 0. The zero-order chi connectivity index (χ0) is 10.7. The van der Waals surface area contributed by atoms with E-state index in [0.717, 1.165) is 0 Å². The molecule has 0 aliphatic rings. The molecule has 0 bridgehead atoms. The number of nitrogen functional groups attached to an aromatic ring is 2. The lowest BCUT2D eigenvalue weighted by atomic mass is 10.2. The molecule has 5 nitrogen and oxygen atoms in total. The van der Waals surface area contributed by atoms with E-state index in [1.54, 1.807) is 6.07 Å². The second kappa shape index (κ2) is 7.14. The lowest BCUT2D eigenvalue weighted by molar-refractivity contribution is 0.381. The van der Waals surface area contributed by atoms with Gasteiger partial charge in [0.15, 0.2) is 5.75 Å². The molecule has 0 fully saturated rings. The van der Waals surface area contributed by atoms with Gasteiger partial charge < -0.3 is 25.7 Å². The van der Waals surface area contributed by atoms with Crippen LogP contribution >= 0.6 is 24.8 Å². The van der Waals surface area contributed by atoms with Crippen molar-refractivity contribution in [3.63, 3.8) is 0 Å². The van der Waals surface area contributed by atoms with E-state index in [1.165, 1.54) is 21.3 Å². The molecule has 4 N–H and O–H groups in total. The van der Waals surface area contributed by atoms with Gasteiger partial charge >= 0.3 is 0 Å². The predicted octanol–water partition coefficient (Wildman–Crippen LogP) is 1.72. The molecular weight excluding hydrogens is 255 g/mol. The van der Waals surface area contributed by atoms with Crippen molar-refractivity contribution in [1.29, 1.82) is 0 Å². The third-order valence-corrected chi connectivity index (χ3v) is 1.93. The summed E-state index contributed by atoms with van der Waals surface area (Å²) in [5.74, 6) is 1.34. The minimum atomic E-state index is 0. The van der Waals surface area contributed by atoms with Gasteiger partial charge in [-0.2, -0.15) is 0 Å². The van der Waals surface area contributed by atoms with E-state index in [0.29, 0.717) is 28.6 Å². The van der Waals surface area contributed by atoms with Gasteiger partial charge in [-0.15, -0.1) is 24.8 Å². The molecule has 16 heavy (non-hydrogen) atoms. The van der Waals surface area contributed by atoms with Crippen LogP contribution in [-0.2, 0) is 0 Å². The van der Waals surface area contributed by atoms with Crippen LogP contribution in [0, 0.1) is 0 Å². The smallest absolute Gasteiger partial charge is 0.172 e. The van der Waals surface area contributed by atoms with Crippen LogP contribution in [0.1, 0.15) is 0 Å². The van der Waals surface area contributed by atoms with E-state index in [2.05, 4.69) is 0 Å². The topological polar surface area (TPSA) is 79.7 Å². The Hall–Kier alpha value is -1.20. The summed E-state index contributed by atoms with van der Waals surface area (Å²) in [4.78, 5) is 0. The maximum Gasteiger partial charge on any atom is 0.172 e. The van der Waals surface area contributed by atoms with Crippen LogP contribution < -0.4 is 25.7 Å². The van der Waals surface area contributed by atoms with Gasteiger partial charge in [-0.3, -0.25) is 0 Å². The number of methoxy groups -OCH3 is 3. The molecule has 0 aromatic heterocycles. The Morgan fingerprint density at radius 1 is 0.812 bits per heavy atom. The van der Waals surface area contributed by atoms with E-state index < -0.39 is 0 Å². The number of rotatable bonds is 3. The van der Waals surface area contributed by atoms with Crippen LogP contribution in [-0.4, -0.2) is 21.3 Å². The summed E-state index contributed by atoms with van der Waals surface area (Å²) in [7, 11) is 4.52. The van der Waals surface area contributed by atoms with Crippen molar-refractivity contribution >= 4 is 36.2 Å². The largest absolute Gasteiger partial charge is 0.494 e. The quantitative estimate of drug-likeness (QED) is 0.818.